The van der Waals surface area contributed by atoms with Crippen LogP contribution in [0, 0.1) is 11.3 Å². The molecule has 2 aromatic rings. The number of hydrogen-bond donors (Lipinski definition) is 1. The number of ether oxygens (including phenoxy) is 1. The van der Waals surface area contributed by atoms with Gasteiger partial charge in [-0.25, -0.2) is 13.2 Å². The number of nitriles is 1. The topological polar surface area (TPSA) is 120 Å². The van der Waals surface area contributed by atoms with E-state index in [4.69, 9.17) is 4.74 Å². The maximum atomic E-state index is 14.1. The zero-order chi connectivity index (χ0) is 30.4. The van der Waals surface area contributed by atoms with Gasteiger partial charge in [0.15, 0.2) is 0 Å². The lowest BCUT2D eigenvalue weighted by atomic mass is 9.98. The molecule has 2 heterocycles. The Morgan fingerprint density at radius 2 is 1.86 bits per heavy atom. The number of rotatable bonds is 9. The van der Waals surface area contributed by atoms with Gasteiger partial charge < -0.3 is 14.5 Å². The molecule has 0 spiro atoms. The summed E-state index contributed by atoms with van der Waals surface area (Å²) in [7, 11) is -4.12. The molecule has 4 rings (SSSR count). The predicted octanol–water partition coefficient (Wildman–Crippen LogP) is 3.37. The number of sulfonamides is 1. The van der Waals surface area contributed by atoms with Crippen molar-refractivity contribution in [2.24, 2.45) is 0 Å². The summed E-state index contributed by atoms with van der Waals surface area (Å²) in [6, 6.07) is 12.4. The van der Waals surface area contributed by atoms with Crippen LogP contribution in [0.2, 0.25) is 0 Å². The fourth-order valence-electron chi connectivity index (χ4n) is 5.61. The number of benzene rings is 2. The fourth-order valence-corrected chi connectivity index (χ4v) is 6.85. The zero-order valence-electron chi connectivity index (χ0n) is 24.8. The first-order valence-electron chi connectivity index (χ1n) is 14.5. The molecule has 2 aliphatic rings. The van der Waals surface area contributed by atoms with Gasteiger partial charge in [-0.2, -0.15) is 9.98 Å². The van der Waals surface area contributed by atoms with Crippen molar-refractivity contribution in [1.29, 1.82) is 5.26 Å². The van der Waals surface area contributed by atoms with Gasteiger partial charge in [-0.1, -0.05) is 29.8 Å². The highest BCUT2D eigenvalue weighted by molar-refractivity contribution is 7.89. The molecule has 2 aliphatic heterocycles. The summed E-state index contributed by atoms with van der Waals surface area (Å²) in [5.74, 6) is -1.04. The van der Waals surface area contributed by atoms with Gasteiger partial charge in [0.05, 0.1) is 23.1 Å². The minimum absolute atomic E-state index is 0.0105. The molecular weight excluding hydrogens is 552 g/mol. The monoisotopic (exact) mass is 592 g/mol. The van der Waals surface area contributed by atoms with Crippen LogP contribution < -0.4 is 4.72 Å². The van der Waals surface area contributed by atoms with Crippen molar-refractivity contribution >= 4 is 21.9 Å². The van der Waals surface area contributed by atoms with E-state index >= 15 is 0 Å². The lowest BCUT2D eigenvalue weighted by molar-refractivity contribution is -0.155. The number of hydrogen-bond acceptors (Lipinski definition) is 7. The molecule has 0 aliphatic carbocycles. The lowest BCUT2D eigenvalue weighted by Crippen LogP contribution is -2.56. The predicted molar refractivity (Wildman–Crippen MR) is 160 cm³/mol. The highest BCUT2D eigenvalue weighted by Gasteiger charge is 2.38. The van der Waals surface area contributed by atoms with Crippen LogP contribution in [0.4, 0.5) is 0 Å². The minimum atomic E-state index is -4.12. The van der Waals surface area contributed by atoms with Crippen molar-refractivity contribution in [1.82, 2.24) is 14.5 Å². The number of carbonyl (C=O) groups excluding carboxylic acids is 2. The summed E-state index contributed by atoms with van der Waals surface area (Å²) in [4.78, 5) is 30.8. The third-order valence-electron chi connectivity index (χ3n) is 8.02. The van der Waals surface area contributed by atoms with Gasteiger partial charge in [-0.15, -0.1) is 0 Å². The van der Waals surface area contributed by atoms with Crippen molar-refractivity contribution in [2.45, 2.75) is 76.4 Å². The van der Waals surface area contributed by atoms with Gasteiger partial charge >= 0.3 is 5.97 Å². The van der Waals surface area contributed by atoms with E-state index in [-0.39, 0.29) is 24.5 Å². The molecule has 1 N–H and O–H groups in total. The number of nitrogens with one attached hydrogen (secondary N) is 1. The van der Waals surface area contributed by atoms with E-state index < -0.39 is 34.0 Å². The number of esters is 1. The van der Waals surface area contributed by atoms with Crippen molar-refractivity contribution in [3.63, 3.8) is 0 Å². The number of carbonyl (C=O) groups is 2. The Kier molecular flexibility index (Phi) is 10.2. The van der Waals surface area contributed by atoms with Crippen LogP contribution in [-0.4, -0.2) is 74.5 Å². The normalized spacial score (nSPS) is 18.4. The maximum Gasteiger partial charge on any atom is 0.329 e. The summed E-state index contributed by atoms with van der Waals surface area (Å²) < 4.78 is 35.5. The first-order chi connectivity index (χ1) is 20.0. The minimum Gasteiger partial charge on any atom is -0.464 e. The third-order valence-corrected chi connectivity index (χ3v) is 9.49. The Hall–Kier alpha value is -3.52. The molecule has 224 valence electrons. The molecule has 2 aromatic carbocycles. The number of fused-ring (bicyclic) bond motifs is 1. The van der Waals surface area contributed by atoms with E-state index in [2.05, 4.69) is 29.5 Å². The molecule has 0 fully saturated rings. The first-order valence-corrected chi connectivity index (χ1v) is 16.0. The van der Waals surface area contributed by atoms with Crippen LogP contribution >= 0.6 is 0 Å². The van der Waals surface area contributed by atoms with E-state index in [1.807, 2.05) is 19.1 Å². The van der Waals surface area contributed by atoms with E-state index in [1.165, 1.54) is 4.90 Å². The summed E-state index contributed by atoms with van der Waals surface area (Å²) in [6.07, 6.45) is 3.76. The van der Waals surface area contributed by atoms with Crippen LogP contribution in [-0.2, 0) is 43.6 Å². The Labute approximate surface area is 249 Å². The Bertz CT molecular complexity index is 1490. The molecule has 0 unspecified atom stereocenters. The van der Waals surface area contributed by atoms with Gasteiger partial charge in [-0.3, -0.25) is 4.79 Å². The summed E-state index contributed by atoms with van der Waals surface area (Å²) in [5.41, 5.74) is 4.11. The smallest absolute Gasteiger partial charge is 0.329 e. The molecule has 0 saturated carbocycles. The highest BCUT2D eigenvalue weighted by atomic mass is 32.2. The van der Waals surface area contributed by atoms with Crippen LogP contribution in [0.1, 0.15) is 56.4 Å². The SMILES string of the molecule is CCOC(=O)[C@H]1CC(C)=CCN1C(=O)[C@H](Cc1cccc(C#N)c1)NS(=O)(=O)c1ccc2c(c1)CCN(C(C)C)CC2. The summed E-state index contributed by atoms with van der Waals surface area (Å²) in [5, 5.41) is 9.38. The van der Waals surface area contributed by atoms with Gasteiger partial charge in [-0.05, 0) is 94.3 Å². The Morgan fingerprint density at radius 1 is 1.12 bits per heavy atom. The Morgan fingerprint density at radius 3 is 2.55 bits per heavy atom. The van der Waals surface area contributed by atoms with Crippen molar-refractivity contribution < 1.29 is 22.7 Å². The maximum absolute atomic E-state index is 14.1. The second kappa shape index (κ2) is 13.6. The fraction of sp³-hybridized carbons (Fsp3) is 0.469. The van der Waals surface area contributed by atoms with Crippen molar-refractivity contribution in [3.05, 3.63) is 76.4 Å². The quantitative estimate of drug-likeness (QED) is 0.350. The van der Waals surface area contributed by atoms with E-state index in [0.29, 0.717) is 23.6 Å². The molecule has 42 heavy (non-hydrogen) atoms. The van der Waals surface area contributed by atoms with Gasteiger partial charge in [0.2, 0.25) is 15.9 Å². The van der Waals surface area contributed by atoms with Crippen LogP contribution in [0.5, 0.6) is 0 Å². The van der Waals surface area contributed by atoms with E-state index in [9.17, 15) is 23.3 Å². The molecule has 10 heteroatoms. The van der Waals surface area contributed by atoms with Crippen LogP contribution in [0.15, 0.2) is 59.0 Å². The molecule has 0 saturated heterocycles. The van der Waals surface area contributed by atoms with Crippen LogP contribution in [0.25, 0.3) is 0 Å². The second-order valence-corrected chi connectivity index (χ2v) is 13.0. The van der Waals surface area contributed by atoms with Crippen molar-refractivity contribution in [2.75, 3.05) is 26.2 Å². The summed E-state index contributed by atoms with van der Waals surface area (Å²) in [6.45, 7) is 10.0. The average Bonchev–Trinajstić information content (AvgIpc) is 3.19. The zero-order valence-corrected chi connectivity index (χ0v) is 25.6. The molecular formula is C32H40N4O5S. The van der Waals surface area contributed by atoms with Gasteiger partial charge in [0, 0.05) is 25.7 Å². The van der Waals surface area contributed by atoms with Gasteiger partial charge in [0.25, 0.3) is 0 Å². The standard InChI is InChI=1S/C32H40N4O5S/c1-5-41-32(38)30-17-23(4)11-16-36(30)31(37)29(19-24-7-6-8-25(18-24)21-33)34-42(39,40)28-10-9-26-12-14-35(22(2)3)15-13-27(26)20-28/h6-11,18,20,22,29-30,34H,5,12-17,19H2,1-4H3/t29-,30+/m0/s1. The molecule has 9 nitrogen and oxygen atoms in total. The molecule has 1 amide bonds. The Balaban J connectivity index is 1.66. The lowest BCUT2D eigenvalue weighted by Gasteiger charge is -2.35. The highest BCUT2D eigenvalue weighted by Crippen LogP contribution is 2.24. The summed E-state index contributed by atoms with van der Waals surface area (Å²) >= 11 is 0. The molecule has 0 radical (unpaired) electrons. The average molecular weight is 593 g/mol. The second-order valence-electron chi connectivity index (χ2n) is 11.3. The van der Waals surface area contributed by atoms with E-state index in [0.717, 1.165) is 42.6 Å². The number of amides is 1. The largest absolute Gasteiger partial charge is 0.464 e. The number of nitrogens with zero attached hydrogens (tertiary/aromatic N) is 3. The van der Waals surface area contributed by atoms with E-state index in [1.54, 1.807) is 43.3 Å². The van der Waals surface area contributed by atoms with Gasteiger partial charge in [0.1, 0.15) is 12.1 Å². The first kappa shape index (κ1) is 31.4. The van der Waals surface area contributed by atoms with Crippen molar-refractivity contribution in [3.8, 4) is 6.07 Å². The van der Waals surface area contributed by atoms with Crippen LogP contribution in [0.3, 0.4) is 0 Å². The molecule has 0 aromatic heterocycles. The molecule has 2 atom stereocenters. The third kappa shape index (κ3) is 7.46. The molecule has 0 bridgehead atoms.